The molecule has 1 aliphatic rings. The van der Waals surface area contributed by atoms with Gasteiger partial charge in [0, 0.05) is 16.8 Å². The highest BCUT2D eigenvalue weighted by Gasteiger charge is 2.49. The number of hydrogen-bond acceptors (Lipinski definition) is 5. The molecule has 6 amide bonds. The third-order valence-electron chi connectivity index (χ3n) is 5.52. The highest BCUT2D eigenvalue weighted by Crippen LogP contribution is 2.30. The average molecular weight is 451 g/mol. The van der Waals surface area contributed by atoms with E-state index in [1.54, 1.807) is 19.1 Å². The predicted molar refractivity (Wildman–Crippen MR) is 120 cm³/mol. The Morgan fingerprint density at radius 3 is 2.03 bits per heavy atom. The summed E-state index contributed by atoms with van der Waals surface area (Å²) in [4.78, 5) is 62.0. The Morgan fingerprint density at radius 2 is 1.55 bits per heavy atom. The van der Waals surface area contributed by atoms with Crippen LogP contribution in [0.4, 0.5) is 10.5 Å². The Morgan fingerprint density at radius 1 is 1.00 bits per heavy atom. The van der Waals surface area contributed by atoms with Gasteiger partial charge in [0.1, 0.15) is 12.1 Å². The maximum Gasteiger partial charge on any atom is 0.325 e. The fourth-order valence-corrected chi connectivity index (χ4v) is 3.57. The third-order valence-corrected chi connectivity index (χ3v) is 5.52. The molecule has 1 saturated heterocycles. The standard InChI is InChI=1S/C23H25N5O5/c1-12(2)13-4-6-16(7-5-13)23(3)21(32)28(22(33)27-23)11-18(29)26-17-9-14(19(24)30)8-15(10-17)20(25)31/h4-10,12H,11H2,1-3H3,(H2,24,30)(H2,25,31)(H,26,29)(H,27,33). The molecule has 10 nitrogen and oxygen atoms in total. The monoisotopic (exact) mass is 451 g/mol. The number of imide groups is 1. The van der Waals surface area contributed by atoms with Crippen LogP contribution in [0.25, 0.3) is 0 Å². The first-order valence-corrected chi connectivity index (χ1v) is 10.2. The third kappa shape index (κ3) is 4.69. The Kier molecular flexibility index (Phi) is 6.21. The van der Waals surface area contributed by atoms with Gasteiger partial charge in [-0.15, -0.1) is 0 Å². The number of carbonyl (C=O) groups is 5. The van der Waals surface area contributed by atoms with Crippen molar-refractivity contribution in [2.45, 2.75) is 32.2 Å². The van der Waals surface area contributed by atoms with E-state index in [9.17, 15) is 24.0 Å². The zero-order valence-electron chi connectivity index (χ0n) is 18.5. The van der Waals surface area contributed by atoms with Crippen molar-refractivity contribution in [1.82, 2.24) is 10.2 Å². The maximum atomic E-state index is 13.1. The molecule has 0 saturated carbocycles. The molecule has 172 valence electrons. The van der Waals surface area contributed by atoms with E-state index in [-0.39, 0.29) is 16.8 Å². The van der Waals surface area contributed by atoms with Gasteiger partial charge in [0.25, 0.3) is 5.91 Å². The van der Waals surface area contributed by atoms with Crippen molar-refractivity contribution in [3.05, 3.63) is 64.7 Å². The van der Waals surface area contributed by atoms with Crippen LogP contribution >= 0.6 is 0 Å². The molecule has 6 N–H and O–H groups in total. The van der Waals surface area contributed by atoms with Gasteiger partial charge in [0.2, 0.25) is 17.7 Å². The summed E-state index contributed by atoms with van der Waals surface area (Å²) in [7, 11) is 0. The van der Waals surface area contributed by atoms with Crippen molar-refractivity contribution in [2.75, 3.05) is 11.9 Å². The Labute approximate surface area is 190 Å². The zero-order valence-corrected chi connectivity index (χ0v) is 18.5. The lowest BCUT2D eigenvalue weighted by Gasteiger charge is -2.22. The Bertz CT molecular complexity index is 1130. The predicted octanol–water partition coefficient (Wildman–Crippen LogP) is 1.41. The van der Waals surface area contributed by atoms with Crippen LogP contribution in [-0.2, 0) is 15.1 Å². The molecule has 0 aromatic heterocycles. The zero-order chi connectivity index (χ0) is 24.5. The molecular formula is C23H25N5O5. The van der Waals surface area contributed by atoms with Gasteiger partial charge in [0.15, 0.2) is 0 Å². The van der Waals surface area contributed by atoms with Gasteiger partial charge in [-0.25, -0.2) is 4.79 Å². The molecule has 3 rings (SSSR count). The molecule has 1 atom stereocenters. The summed E-state index contributed by atoms with van der Waals surface area (Å²) in [5.74, 6) is -2.62. The number of anilines is 1. The van der Waals surface area contributed by atoms with Crippen LogP contribution in [0.15, 0.2) is 42.5 Å². The Hall–Kier alpha value is -4.21. The number of hydrogen-bond donors (Lipinski definition) is 4. The van der Waals surface area contributed by atoms with E-state index in [4.69, 9.17) is 11.5 Å². The SMILES string of the molecule is CC(C)c1ccc(C2(C)NC(=O)N(CC(=O)Nc3cc(C(N)=O)cc(C(N)=O)c3)C2=O)cc1. The summed E-state index contributed by atoms with van der Waals surface area (Å²) < 4.78 is 0. The largest absolute Gasteiger partial charge is 0.366 e. The number of urea groups is 1. The molecule has 1 unspecified atom stereocenters. The van der Waals surface area contributed by atoms with Crippen LogP contribution in [0.3, 0.4) is 0 Å². The molecule has 1 heterocycles. The molecule has 10 heteroatoms. The summed E-state index contributed by atoms with van der Waals surface area (Å²) >= 11 is 0. The average Bonchev–Trinajstić information content (AvgIpc) is 2.97. The lowest BCUT2D eigenvalue weighted by Crippen LogP contribution is -2.42. The van der Waals surface area contributed by atoms with E-state index in [1.807, 2.05) is 26.0 Å². The molecule has 0 spiro atoms. The van der Waals surface area contributed by atoms with E-state index in [1.165, 1.54) is 18.2 Å². The molecule has 33 heavy (non-hydrogen) atoms. The molecule has 0 aliphatic carbocycles. The van der Waals surface area contributed by atoms with E-state index >= 15 is 0 Å². The minimum Gasteiger partial charge on any atom is -0.366 e. The number of nitrogens with zero attached hydrogens (tertiary/aromatic N) is 1. The van der Waals surface area contributed by atoms with Crippen LogP contribution < -0.4 is 22.1 Å². The second-order valence-electron chi connectivity index (χ2n) is 8.30. The van der Waals surface area contributed by atoms with Gasteiger partial charge in [-0.2, -0.15) is 0 Å². The number of primary amides is 2. The van der Waals surface area contributed by atoms with E-state index in [0.29, 0.717) is 11.5 Å². The number of carbonyl (C=O) groups excluding carboxylic acids is 5. The van der Waals surface area contributed by atoms with Gasteiger partial charge in [-0.1, -0.05) is 38.1 Å². The van der Waals surface area contributed by atoms with Gasteiger partial charge in [-0.05, 0) is 42.2 Å². The van der Waals surface area contributed by atoms with E-state index in [2.05, 4.69) is 10.6 Å². The minimum absolute atomic E-state index is 0.0333. The van der Waals surface area contributed by atoms with Crippen LogP contribution in [-0.4, -0.2) is 41.1 Å². The molecule has 2 aromatic carbocycles. The number of nitrogens with one attached hydrogen (secondary N) is 2. The van der Waals surface area contributed by atoms with Gasteiger partial charge < -0.3 is 22.1 Å². The first kappa shape index (κ1) is 23.5. The number of nitrogens with two attached hydrogens (primary N) is 2. The molecule has 2 aromatic rings. The minimum atomic E-state index is -1.32. The smallest absolute Gasteiger partial charge is 0.325 e. The summed E-state index contributed by atoms with van der Waals surface area (Å²) in [6.45, 7) is 5.10. The first-order valence-electron chi connectivity index (χ1n) is 10.2. The number of amides is 6. The summed E-state index contributed by atoms with van der Waals surface area (Å²) in [6, 6.07) is 10.3. The number of benzene rings is 2. The lowest BCUT2D eigenvalue weighted by molar-refractivity contribution is -0.133. The second kappa shape index (κ2) is 8.73. The second-order valence-corrected chi connectivity index (χ2v) is 8.30. The topological polar surface area (TPSA) is 165 Å². The van der Waals surface area contributed by atoms with Crippen LogP contribution in [0.5, 0.6) is 0 Å². The van der Waals surface area contributed by atoms with Gasteiger partial charge in [-0.3, -0.25) is 24.1 Å². The summed E-state index contributed by atoms with van der Waals surface area (Å²) in [5.41, 5.74) is 10.9. The molecule has 1 fully saturated rings. The van der Waals surface area contributed by atoms with Crippen molar-refractivity contribution in [3.63, 3.8) is 0 Å². The maximum absolute atomic E-state index is 13.1. The molecular weight excluding hydrogens is 426 g/mol. The Balaban J connectivity index is 1.78. The van der Waals surface area contributed by atoms with Crippen molar-refractivity contribution in [2.24, 2.45) is 11.5 Å². The fraction of sp³-hybridized carbons (Fsp3) is 0.261. The highest BCUT2D eigenvalue weighted by atomic mass is 16.2. The van der Waals surface area contributed by atoms with Gasteiger partial charge in [0.05, 0.1) is 0 Å². The van der Waals surface area contributed by atoms with Crippen LogP contribution in [0, 0.1) is 0 Å². The summed E-state index contributed by atoms with van der Waals surface area (Å²) in [6.07, 6.45) is 0. The number of rotatable bonds is 7. The lowest BCUT2D eigenvalue weighted by atomic mass is 9.90. The van der Waals surface area contributed by atoms with Crippen molar-refractivity contribution in [1.29, 1.82) is 0 Å². The highest BCUT2D eigenvalue weighted by molar-refractivity contribution is 6.10. The normalized spacial score (nSPS) is 17.8. The van der Waals surface area contributed by atoms with Crippen molar-refractivity contribution >= 4 is 35.3 Å². The molecule has 0 radical (unpaired) electrons. The van der Waals surface area contributed by atoms with Crippen LogP contribution in [0.2, 0.25) is 0 Å². The molecule has 0 bridgehead atoms. The van der Waals surface area contributed by atoms with Gasteiger partial charge >= 0.3 is 6.03 Å². The summed E-state index contributed by atoms with van der Waals surface area (Å²) in [5, 5.41) is 5.11. The quantitative estimate of drug-likeness (QED) is 0.467. The first-order chi connectivity index (χ1) is 15.4. The van der Waals surface area contributed by atoms with E-state index < -0.39 is 41.7 Å². The van der Waals surface area contributed by atoms with Crippen molar-refractivity contribution < 1.29 is 24.0 Å². The van der Waals surface area contributed by atoms with Crippen LogP contribution in [0.1, 0.15) is 58.5 Å². The fourth-order valence-electron chi connectivity index (χ4n) is 3.57. The molecule has 1 aliphatic heterocycles. The van der Waals surface area contributed by atoms with Crippen molar-refractivity contribution in [3.8, 4) is 0 Å². The van der Waals surface area contributed by atoms with E-state index in [0.717, 1.165) is 10.5 Å².